The summed E-state index contributed by atoms with van der Waals surface area (Å²) in [5, 5.41) is 9.51. The highest BCUT2D eigenvalue weighted by Gasteiger charge is 2.15. The molecule has 1 rings (SSSR count). The van der Waals surface area contributed by atoms with Crippen molar-refractivity contribution in [2.75, 3.05) is 13.7 Å². The van der Waals surface area contributed by atoms with Crippen LogP contribution < -0.4 is 4.74 Å². The van der Waals surface area contributed by atoms with Gasteiger partial charge in [-0.1, -0.05) is 25.5 Å². The Bertz CT molecular complexity index is 359. The summed E-state index contributed by atoms with van der Waals surface area (Å²) in [6.45, 7) is 2.82. The molecular formula is C14H20O4. The third-order valence-electron chi connectivity index (χ3n) is 2.59. The zero-order valence-corrected chi connectivity index (χ0v) is 10.9. The predicted octanol–water partition coefficient (Wildman–Crippen LogP) is 1.94. The van der Waals surface area contributed by atoms with Crippen molar-refractivity contribution >= 4 is 5.97 Å². The maximum atomic E-state index is 11.1. The number of carbonyl (C=O) groups excluding carboxylic acids is 1. The second kappa shape index (κ2) is 7.71. The first-order valence-electron chi connectivity index (χ1n) is 6.15. The van der Waals surface area contributed by atoms with Gasteiger partial charge < -0.3 is 14.6 Å². The van der Waals surface area contributed by atoms with E-state index in [9.17, 15) is 9.90 Å². The van der Waals surface area contributed by atoms with Crippen LogP contribution in [0.3, 0.4) is 0 Å². The standard InChI is InChI=1S/C14H20O4/c1-3-4-9-18-12-7-5-11(6-8-12)10-13(15)14(16)17-2/h5-8,13,15H,3-4,9-10H2,1-2H3. The highest BCUT2D eigenvalue weighted by Crippen LogP contribution is 2.14. The zero-order valence-electron chi connectivity index (χ0n) is 10.9. The Kier molecular flexibility index (Phi) is 6.22. The number of aliphatic hydroxyl groups is 1. The van der Waals surface area contributed by atoms with Gasteiger partial charge in [-0.2, -0.15) is 0 Å². The summed E-state index contributed by atoms with van der Waals surface area (Å²) < 4.78 is 9.98. The lowest BCUT2D eigenvalue weighted by molar-refractivity contribution is -0.150. The van der Waals surface area contributed by atoms with E-state index in [1.165, 1.54) is 7.11 Å². The number of rotatable bonds is 7. The molecule has 1 unspecified atom stereocenters. The minimum Gasteiger partial charge on any atom is -0.494 e. The molecule has 1 atom stereocenters. The van der Waals surface area contributed by atoms with E-state index >= 15 is 0 Å². The molecule has 4 heteroatoms. The summed E-state index contributed by atoms with van der Waals surface area (Å²) in [7, 11) is 1.26. The lowest BCUT2D eigenvalue weighted by Crippen LogP contribution is -2.24. The molecule has 0 fully saturated rings. The first-order valence-corrected chi connectivity index (χ1v) is 6.15. The molecule has 1 N–H and O–H groups in total. The van der Waals surface area contributed by atoms with E-state index in [4.69, 9.17) is 4.74 Å². The number of carbonyl (C=O) groups is 1. The lowest BCUT2D eigenvalue weighted by atomic mass is 10.1. The Morgan fingerprint density at radius 2 is 2.00 bits per heavy atom. The molecule has 0 aromatic heterocycles. The normalized spacial score (nSPS) is 11.9. The van der Waals surface area contributed by atoms with Gasteiger partial charge in [0.15, 0.2) is 6.10 Å². The molecule has 0 aliphatic rings. The molecule has 0 amide bonds. The van der Waals surface area contributed by atoms with Gasteiger partial charge in [-0.05, 0) is 24.1 Å². The van der Waals surface area contributed by atoms with Crippen molar-refractivity contribution in [3.63, 3.8) is 0 Å². The van der Waals surface area contributed by atoms with Gasteiger partial charge >= 0.3 is 5.97 Å². The first kappa shape index (κ1) is 14.5. The average molecular weight is 252 g/mol. The van der Waals surface area contributed by atoms with Gasteiger partial charge in [0.2, 0.25) is 0 Å². The molecule has 0 bridgehead atoms. The molecule has 4 nitrogen and oxygen atoms in total. The topological polar surface area (TPSA) is 55.8 Å². The number of hydrogen-bond acceptors (Lipinski definition) is 4. The predicted molar refractivity (Wildman–Crippen MR) is 68.6 cm³/mol. The van der Waals surface area contributed by atoms with E-state index in [2.05, 4.69) is 11.7 Å². The fraction of sp³-hybridized carbons (Fsp3) is 0.500. The van der Waals surface area contributed by atoms with Crippen molar-refractivity contribution in [3.05, 3.63) is 29.8 Å². The minimum atomic E-state index is -1.11. The number of hydrogen-bond donors (Lipinski definition) is 1. The van der Waals surface area contributed by atoms with Crippen LogP contribution in [0.15, 0.2) is 24.3 Å². The third-order valence-corrected chi connectivity index (χ3v) is 2.59. The van der Waals surface area contributed by atoms with Crippen LogP contribution in [0.5, 0.6) is 5.75 Å². The number of benzene rings is 1. The Hall–Kier alpha value is -1.55. The van der Waals surface area contributed by atoms with E-state index in [1.807, 2.05) is 24.3 Å². The largest absolute Gasteiger partial charge is 0.494 e. The van der Waals surface area contributed by atoms with Crippen molar-refractivity contribution in [2.24, 2.45) is 0 Å². The van der Waals surface area contributed by atoms with Crippen molar-refractivity contribution in [2.45, 2.75) is 32.3 Å². The second-order valence-corrected chi connectivity index (χ2v) is 4.09. The molecule has 0 saturated carbocycles. The molecule has 1 aromatic rings. The maximum absolute atomic E-state index is 11.1. The van der Waals surface area contributed by atoms with Gasteiger partial charge in [-0.25, -0.2) is 4.79 Å². The molecule has 0 radical (unpaired) electrons. The SMILES string of the molecule is CCCCOc1ccc(CC(O)C(=O)OC)cc1. The van der Waals surface area contributed by atoms with Crippen molar-refractivity contribution in [3.8, 4) is 5.75 Å². The fourth-order valence-corrected chi connectivity index (χ4v) is 1.50. The van der Waals surface area contributed by atoms with Crippen LogP contribution in [0, 0.1) is 0 Å². The number of ether oxygens (including phenoxy) is 2. The second-order valence-electron chi connectivity index (χ2n) is 4.09. The Labute approximate surface area is 108 Å². The molecule has 0 aliphatic heterocycles. The number of esters is 1. The summed E-state index contributed by atoms with van der Waals surface area (Å²) in [6, 6.07) is 7.37. The van der Waals surface area contributed by atoms with Crippen molar-refractivity contribution in [1.29, 1.82) is 0 Å². The van der Waals surface area contributed by atoms with Gasteiger partial charge in [0, 0.05) is 6.42 Å². The van der Waals surface area contributed by atoms with Crippen molar-refractivity contribution < 1.29 is 19.4 Å². The van der Waals surface area contributed by atoms with Crippen LogP contribution in [0.1, 0.15) is 25.3 Å². The van der Waals surface area contributed by atoms with Crippen LogP contribution in [-0.4, -0.2) is 30.9 Å². The van der Waals surface area contributed by atoms with E-state index in [0.29, 0.717) is 6.61 Å². The van der Waals surface area contributed by atoms with E-state index in [1.54, 1.807) is 0 Å². The van der Waals surface area contributed by atoms with Crippen LogP contribution in [0.25, 0.3) is 0 Å². The molecule has 0 aliphatic carbocycles. The highest BCUT2D eigenvalue weighted by atomic mass is 16.5. The highest BCUT2D eigenvalue weighted by molar-refractivity contribution is 5.74. The average Bonchev–Trinajstić information content (AvgIpc) is 2.40. The molecule has 18 heavy (non-hydrogen) atoms. The first-order chi connectivity index (χ1) is 8.67. The van der Waals surface area contributed by atoms with E-state index in [0.717, 1.165) is 24.2 Å². The quantitative estimate of drug-likeness (QED) is 0.595. The van der Waals surface area contributed by atoms with E-state index in [-0.39, 0.29) is 6.42 Å². The monoisotopic (exact) mass is 252 g/mol. The smallest absolute Gasteiger partial charge is 0.335 e. The molecule has 100 valence electrons. The van der Waals surface area contributed by atoms with Gasteiger partial charge in [0.05, 0.1) is 13.7 Å². The molecule has 1 aromatic carbocycles. The number of methoxy groups -OCH3 is 1. The summed E-state index contributed by atoms with van der Waals surface area (Å²) in [6.07, 6.45) is 1.27. The third kappa shape index (κ3) is 4.75. The van der Waals surface area contributed by atoms with Gasteiger partial charge in [-0.15, -0.1) is 0 Å². The van der Waals surface area contributed by atoms with Gasteiger partial charge in [0.25, 0.3) is 0 Å². The van der Waals surface area contributed by atoms with E-state index < -0.39 is 12.1 Å². The van der Waals surface area contributed by atoms with Crippen LogP contribution in [0.2, 0.25) is 0 Å². The van der Waals surface area contributed by atoms with Crippen LogP contribution in [-0.2, 0) is 16.0 Å². The van der Waals surface area contributed by atoms with Gasteiger partial charge in [-0.3, -0.25) is 0 Å². The van der Waals surface area contributed by atoms with Gasteiger partial charge in [0.1, 0.15) is 5.75 Å². The van der Waals surface area contributed by atoms with Crippen LogP contribution >= 0.6 is 0 Å². The van der Waals surface area contributed by atoms with Crippen LogP contribution in [0.4, 0.5) is 0 Å². The fourth-order valence-electron chi connectivity index (χ4n) is 1.50. The summed E-state index contributed by atoms with van der Waals surface area (Å²) in [4.78, 5) is 11.1. The molecular weight excluding hydrogens is 232 g/mol. The Morgan fingerprint density at radius 1 is 1.33 bits per heavy atom. The van der Waals surface area contributed by atoms with Crippen molar-refractivity contribution in [1.82, 2.24) is 0 Å². The zero-order chi connectivity index (χ0) is 13.4. The molecule has 0 spiro atoms. The molecule has 0 heterocycles. The lowest BCUT2D eigenvalue weighted by Gasteiger charge is -2.09. The number of aliphatic hydroxyl groups excluding tert-OH is 1. The Morgan fingerprint density at radius 3 is 2.56 bits per heavy atom. The summed E-state index contributed by atoms with van der Waals surface area (Å²) in [5.74, 6) is 0.193. The minimum absolute atomic E-state index is 0.252. The Balaban J connectivity index is 2.47. The molecule has 0 saturated heterocycles. The summed E-state index contributed by atoms with van der Waals surface area (Å²) >= 11 is 0. The summed E-state index contributed by atoms with van der Waals surface area (Å²) in [5.41, 5.74) is 0.871. The number of unbranched alkanes of at least 4 members (excludes halogenated alkanes) is 1. The maximum Gasteiger partial charge on any atom is 0.335 e.